The van der Waals surface area contributed by atoms with Crippen LogP contribution in [0.15, 0.2) is 18.6 Å². The van der Waals surface area contributed by atoms with Gasteiger partial charge in [0.15, 0.2) is 0 Å². The summed E-state index contributed by atoms with van der Waals surface area (Å²) >= 11 is 0. The fraction of sp³-hybridized carbons (Fsp3) is 0.545. The second-order valence-electron chi connectivity index (χ2n) is 4.09. The maximum absolute atomic E-state index is 9.34. The molecule has 1 aromatic heterocycles. The van der Waals surface area contributed by atoms with Gasteiger partial charge in [0.05, 0.1) is 18.0 Å². The van der Waals surface area contributed by atoms with Gasteiger partial charge in [-0.15, -0.1) is 0 Å². The third-order valence-corrected chi connectivity index (χ3v) is 3.11. The van der Waals surface area contributed by atoms with E-state index in [-0.39, 0.29) is 0 Å². The van der Waals surface area contributed by atoms with Crippen LogP contribution in [0, 0.1) is 11.3 Å². The molecule has 0 radical (unpaired) electrons. The number of nitriles is 1. The molecule has 1 saturated heterocycles. The fourth-order valence-corrected chi connectivity index (χ4v) is 1.97. The quantitative estimate of drug-likeness (QED) is 0.680. The Morgan fingerprint density at radius 3 is 2.67 bits per heavy atom. The number of piperidine rings is 1. The minimum Gasteiger partial charge on any atom is -0.306 e. The summed E-state index contributed by atoms with van der Waals surface area (Å²) < 4.78 is 0. The molecular weight excluding hydrogens is 188 g/mol. The molecule has 0 unspecified atom stereocenters. The Morgan fingerprint density at radius 1 is 1.40 bits per heavy atom. The molecule has 0 N–H and O–H groups in total. The molecular formula is C11H14N4. The Labute approximate surface area is 89.6 Å². The number of hydrogen-bond acceptors (Lipinski definition) is 4. The van der Waals surface area contributed by atoms with E-state index in [2.05, 4.69) is 28.0 Å². The van der Waals surface area contributed by atoms with Crippen LogP contribution in [0.25, 0.3) is 0 Å². The molecule has 78 valence electrons. The number of aromatic nitrogens is 2. The molecule has 1 aromatic rings. The summed E-state index contributed by atoms with van der Waals surface area (Å²) in [5.74, 6) is 0. The standard InChI is InChI=1S/C11H14N4/c1-15-6-2-11(9-12,3-7-15)10-8-13-4-5-14-10/h4-5,8H,2-3,6-7H2,1H3. The molecule has 4 heteroatoms. The van der Waals surface area contributed by atoms with Crippen LogP contribution in [0.3, 0.4) is 0 Å². The molecule has 2 heterocycles. The molecule has 0 aliphatic carbocycles. The van der Waals surface area contributed by atoms with Gasteiger partial charge >= 0.3 is 0 Å². The monoisotopic (exact) mass is 202 g/mol. The Kier molecular flexibility index (Phi) is 2.65. The van der Waals surface area contributed by atoms with Gasteiger partial charge in [0.1, 0.15) is 5.41 Å². The summed E-state index contributed by atoms with van der Waals surface area (Å²) in [6.45, 7) is 1.90. The van der Waals surface area contributed by atoms with Crippen molar-refractivity contribution in [3.8, 4) is 6.07 Å². The van der Waals surface area contributed by atoms with Crippen molar-refractivity contribution >= 4 is 0 Å². The summed E-state index contributed by atoms with van der Waals surface area (Å²) in [7, 11) is 2.08. The number of nitrogens with zero attached hydrogens (tertiary/aromatic N) is 4. The van der Waals surface area contributed by atoms with Gasteiger partial charge in [-0.2, -0.15) is 5.26 Å². The lowest BCUT2D eigenvalue weighted by atomic mass is 9.77. The minimum absolute atomic E-state index is 0.416. The highest BCUT2D eigenvalue weighted by Crippen LogP contribution is 2.32. The van der Waals surface area contributed by atoms with E-state index in [4.69, 9.17) is 0 Å². The van der Waals surface area contributed by atoms with E-state index < -0.39 is 5.41 Å². The van der Waals surface area contributed by atoms with Crippen molar-refractivity contribution in [2.45, 2.75) is 18.3 Å². The average molecular weight is 202 g/mol. The van der Waals surface area contributed by atoms with E-state index in [1.165, 1.54) is 0 Å². The van der Waals surface area contributed by atoms with Crippen LogP contribution in [0.1, 0.15) is 18.5 Å². The highest BCUT2D eigenvalue weighted by atomic mass is 15.1. The molecule has 0 saturated carbocycles. The second-order valence-corrected chi connectivity index (χ2v) is 4.09. The van der Waals surface area contributed by atoms with Crippen LogP contribution in [0.2, 0.25) is 0 Å². The third kappa shape index (κ3) is 1.83. The first-order valence-electron chi connectivity index (χ1n) is 5.13. The fourth-order valence-electron chi connectivity index (χ4n) is 1.97. The van der Waals surface area contributed by atoms with Crippen LogP contribution >= 0.6 is 0 Å². The van der Waals surface area contributed by atoms with Crippen LogP contribution in [0.4, 0.5) is 0 Å². The Morgan fingerprint density at radius 2 is 2.13 bits per heavy atom. The van der Waals surface area contributed by atoms with Gasteiger partial charge in [-0.1, -0.05) is 0 Å². The molecule has 0 spiro atoms. The van der Waals surface area contributed by atoms with Gasteiger partial charge in [-0.3, -0.25) is 9.97 Å². The number of likely N-dealkylation sites (tertiary alicyclic amines) is 1. The number of rotatable bonds is 1. The summed E-state index contributed by atoms with van der Waals surface area (Å²) in [6, 6.07) is 2.43. The molecule has 0 amide bonds. The van der Waals surface area contributed by atoms with Crippen molar-refractivity contribution < 1.29 is 0 Å². The first kappa shape index (κ1) is 10.1. The predicted molar refractivity (Wildman–Crippen MR) is 56.1 cm³/mol. The first-order valence-corrected chi connectivity index (χ1v) is 5.13. The van der Waals surface area contributed by atoms with E-state index in [1.807, 2.05) is 0 Å². The Hall–Kier alpha value is -1.47. The predicted octanol–water partition coefficient (Wildman–Crippen LogP) is 0.964. The largest absolute Gasteiger partial charge is 0.306 e. The topological polar surface area (TPSA) is 52.8 Å². The summed E-state index contributed by atoms with van der Waals surface area (Å²) in [5.41, 5.74) is 0.404. The normalized spacial score (nSPS) is 20.8. The van der Waals surface area contributed by atoms with Gasteiger partial charge in [-0.25, -0.2) is 0 Å². The SMILES string of the molecule is CN1CCC(C#N)(c2cnccn2)CC1. The lowest BCUT2D eigenvalue weighted by molar-refractivity contribution is 0.219. The van der Waals surface area contributed by atoms with Crippen LogP contribution in [0.5, 0.6) is 0 Å². The first-order chi connectivity index (χ1) is 7.27. The van der Waals surface area contributed by atoms with E-state index in [1.54, 1.807) is 18.6 Å². The van der Waals surface area contributed by atoms with Crippen molar-refractivity contribution in [2.75, 3.05) is 20.1 Å². The van der Waals surface area contributed by atoms with E-state index in [9.17, 15) is 5.26 Å². The van der Waals surface area contributed by atoms with Crippen molar-refractivity contribution in [1.82, 2.24) is 14.9 Å². The van der Waals surface area contributed by atoms with E-state index in [0.29, 0.717) is 0 Å². The molecule has 0 bridgehead atoms. The Balaban J connectivity index is 2.28. The lowest BCUT2D eigenvalue weighted by Gasteiger charge is -2.34. The van der Waals surface area contributed by atoms with Gasteiger partial charge < -0.3 is 4.90 Å². The van der Waals surface area contributed by atoms with Crippen molar-refractivity contribution in [3.63, 3.8) is 0 Å². The smallest absolute Gasteiger partial charge is 0.103 e. The molecule has 1 fully saturated rings. The average Bonchev–Trinajstić information content (AvgIpc) is 2.32. The van der Waals surface area contributed by atoms with Crippen molar-refractivity contribution in [1.29, 1.82) is 5.26 Å². The molecule has 0 atom stereocenters. The van der Waals surface area contributed by atoms with Crippen LogP contribution in [-0.2, 0) is 5.41 Å². The van der Waals surface area contributed by atoms with Gasteiger partial charge in [0, 0.05) is 12.4 Å². The number of hydrogen-bond donors (Lipinski definition) is 0. The summed E-state index contributed by atoms with van der Waals surface area (Å²) in [4.78, 5) is 10.6. The van der Waals surface area contributed by atoms with Crippen LogP contribution in [-0.4, -0.2) is 35.0 Å². The van der Waals surface area contributed by atoms with Crippen molar-refractivity contribution in [2.24, 2.45) is 0 Å². The van der Waals surface area contributed by atoms with Gasteiger partial charge in [0.2, 0.25) is 0 Å². The molecule has 15 heavy (non-hydrogen) atoms. The maximum atomic E-state index is 9.34. The summed E-state index contributed by atoms with van der Waals surface area (Å²) in [5, 5.41) is 9.34. The zero-order valence-corrected chi connectivity index (χ0v) is 8.85. The minimum atomic E-state index is -0.416. The molecule has 1 aliphatic rings. The lowest BCUT2D eigenvalue weighted by Crippen LogP contribution is -2.40. The Bertz CT molecular complexity index is 360. The highest BCUT2D eigenvalue weighted by Gasteiger charge is 2.36. The molecule has 0 aromatic carbocycles. The van der Waals surface area contributed by atoms with Gasteiger partial charge in [0.25, 0.3) is 0 Å². The van der Waals surface area contributed by atoms with E-state index >= 15 is 0 Å². The summed E-state index contributed by atoms with van der Waals surface area (Å²) in [6.07, 6.45) is 6.71. The van der Waals surface area contributed by atoms with E-state index in [0.717, 1.165) is 31.6 Å². The molecule has 4 nitrogen and oxygen atoms in total. The van der Waals surface area contributed by atoms with Crippen LogP contribution < -0.4 is 0 Å². The van der Waals surface area contributed by atoms with Crippen molar-refractivity contribution in [3.05, 3.63) is 24.3 Å². The maximum Gasteiger partial charge on any atom is 0.103 e. The zero-order chi connectivity index (χ0) is 10.7. The van der Waals surface area contributed by atoms with Gasteiger partial charge in [-0.05, 0) is 33.0 Å². The zero-order valence-electron chi connectivity index (χ0n) is 8.85. The molecule has 2 rings (SSSR count). The molecule has 1 aliphatic heterocycles. The highest BCUT2D eigenvalue weighted by molar-refractivity contribution is 5.25. The third-order valence-electron chi connectivity index (χ3n) is 3.11. The second kappa shape index (κ2) is 3.95.